The van der Waals surface area contributed by atoms with Crippen molar-refractivity contribution in [3.63, 3.8) is 0 Å². The second kappa shape index (κ2) is 7.60. The van der Waals surface area contributed by atoms with Gasteiger partial charge in [-0.1, -0.05) is 62.7 Å². The van der Waals surface area contributed by atoms with Crippen molar-refractivity contribution < 1.29 is 4.79 Å². The van der Waals surface area contributed by atoms with Crippen molar-refractivity contribution in [2.75, 3.05) is 5.32 Å². The van der Waals surface area contributed by atoms with Crippen LogP contribution in [0.1, 0.15) is 47.1 Å². The summed E-state index contributed by atoms with van der Waals surface area (Å²) in [4.78, 5) is 17.8. The lowest BCUT2D eigenvalue weighted by molar-refractivity contribution is 0.102. The lowest BCUT2D eigenvalue weighted by atomic mass is 9.87. The highest BCUT2D eigenvalue weighted by Gasteiger charge is 2.15. The van der Waals surface area contributed by atoms with Gasteiger partial charge in [-0.2, -0.15) is 0 Å². The van der Waals surface area contributed by atoms with Gasteiger partial charge in [0.05, 0.1) is 0 Å². The molecule has 0 saturated carbocycles. The first-order valence-electron chi connectivity index (χ1n) is 8.43. The molecule has 0 atom stereocenters. The SMILES string of the molecule is CC(C)(C)c1ccc(C(=O)Nc2ncc(Cc3ccccc3Cl)s2)cc1. The van der Waals surface area contributed by atoms with Gasteiger partial charge in [0.15, 0.2) is 5.13 Å². The van der Waals surface area contributed by atoms with Gasteiger partial charge in [-0.3, -0.25) is 10.1 Å². The molecule has 3 rings (SSSR count). The Hall–Kier alpha value is -2.17. The fourth-order valence-corrected chi connectivity index (χ4v) is 3.60. The van der Waals surface area contributed by atoms with Crippen molar-refractivity contribution in [3.05, 3.63) is 81.3 Å². The highest BCUT2D eigenvalue weighted by Crippen LogP contribution is 2.26. The van der Waals surface area contributed by atoms with Gasteiger partial charge in [0.1, 0.15) is 0 Å². The number of halogens is 1. The number of aromatic nitrogens is 1. The number of hydrogen-bond donors (Lipinski definition) is 1. The summed E-state index contributed by atoms with van der Waals surface area (Å²) in [7, 11) is 0. The van der Waals surface area contributed by atoms with Crippen LogP contribution >= 0.6 is 22.9 Å². The Balaban J connectivity index is 1.67. The maximum Gasteiger partial charge on any atom is 0.257 e. The van der Waals surface area contributed by atoms with Gasteiger partial charge >= 0.3 is 0 Å². The molecule has 2 aromatic carbocycles. The molecule has 3 aromatic rings. The molecule has 5 heteroatoms. The van der Waals surface area contributed by atoms with Gasteiger partial charge in [0.2, 0.25) is 0 Å². The van der Waals surface area contributed by atoms with Gasteiger partial charge in [-0.25, -0.2) is 4.98 Å². The standard InChI is InChI=1S/C21H21ClN2OS/c1-21(2,3)16-10-8-14(9-11-16)19(25)24-20-23-13-17(26-20)12-15-6-4-5-7-18(15)22/h4-11,13H,12H2,1-3H3,(H,23,24,25). The maximum absolute atomic E-state index is 12.4. The van der Waals surface area contributed by atoms with Crippen LogP contribution < -0.4 is 5.32 Å². The Bertz CT molecular complexity index is 910. The first-order valence-corrected chi connectivity index (χ1v) is 9.62. The van der Waals surface area contributed by atoms with E-state index in [0.717, 1.165) is 15.5 Å². The molecule has 0 bridgehead atoms. The van der Waals surface area contributed by atoms with E-state index >= 15 is 0 Å². The molecule has 1 N–H and O–H groups in total. The second-order valence-corrected chi connectivity index (χ2v) is 8.70. The summed E-state index contributed by atoms with van der Waals surface area (Å²) in [6.07, 6.45) is 2.49. The Morgan fingerprint density at radius 3 is 2.46 bits per heavy atom. The molecule has 3 nitrogen and oxygen atoms in total. The van der Waals surface area contributed by atoms with Gasteiger partial charge in [-0.05, 0) is 34.7 Å². The highest BCUT2D eigenvalue weighted by molar-refractivity contribution is 7.15. The van der Waals surface area contributed by atoms with E-state index in [1.54, 1.807) is 6.20 Å². The van der Waals surface area contributed by atoms with E-state index in [1.807, 2.05) is 48.5 Å². The number of amides is 1. The van der Waals surface area contributed by atoms with Crippen LogP contribution in [-0.4, -0.2) is 10.9 Å². The number of nitrogens with zero attached hydrogens (tertiary/aromatic N) is 1. The van der Waals surface area contributed by atoms with Crippen molar-refractivity contribution in [1.82, 2.24) is 4.98 Å². The number of hydrogen-bond acceptors (Lipinski definition) is 3. The molecule has 0 radical (unpaired) electrons. The minimum absolute atomic E-state index is 0.0674. The van der Waals surface area contributed by atoms with E-state index < -0.39 is 0 Å². The van der Waals surface area contributed by atoms with Gasteiger partial charge in [0.25, 0.3) is 5.91 Å². The van der Waals surface area contributed by atoms with Crippen LogP contribution in [0.25, 0.3) is 0 Å². The van der Waals surface area contributed by atoms with Crippen LogP contribution in [0.4, 0.5) is 5.13 Å². The van der Waals surface area contributed by atoms with E-state index in [9.17, 15) is 4.79 Å². The summed E-state index contributed by atoms with van der Waals surface area (Å²) >= 11 is 7.67. The lowest BCUT2D eigenvalue weighted by Gasteiger charge is -2.18. The summed E-state index contributed by atoms with van der Waals surface area (Å²) in [6, 6.07) is 15.5. The quantitative estimate of drug-likeness (QED) is 0.605. The predicted molar refractivity (Wildman–Crippen MR) is 109 cm³/mol. The third-order valence-corrected chi connectivity index (χ3v) is 5.39. The molecular weight excluding hydrogens is 364 g/mol. The summed E-state index contributed by atoms with van der Waals surface area (Å²) < 4.78 is 0. The number of nitrogens with one attached hydrogen (secondary N) is 1. The lowest BCUT2D eigenvalue weighted by Crippen LogP contribution is -2.14. The first kappa shape index (κ1) is 18.6. The predicted octanol–water partition coefficient (Wildman–Crippen LogP) is 5.94. The van der Waals surface area contributed by atoms with Crippen LogP contribution in [0.3, 0.4) is 0 Å². The van der Waals surface area contributed by atoms with Crippen LogP contribution in [0, 0.1) is 0 Å². The molecule has 0 saturated heterocycles. The fourth-order valence-electron chi connectivity index (χ4n) is 2.57. The number of anilines is 1. The molecule has 0 aliphatic carbocycles. The Morgan fingerprint density at radius 2 is 1.81 bits per heavy atom. The van der Waals surface area contributed by atoms with E-state index in [4.69, 9.17) is 11.6 Å². The maximum atomic E-state index is 12.4. The first-order chi connectivity index (χ1) is 12.3. The van der Waals surface area contributed by atoms with Crippen molar-refractivity contribution in [2.24, 2.45) is 0 Å². The molecule has 0 aliphatic heterocycles. The third kappa shape index (κ3) is 4.51. The average molecular weight is 385 g/mol. The van der Waals surface area contributed by atoms with Crippen molar-refractivity contribution in [3.8, 4) is 0 Å². The number of rotatable bonds is 4. The summed E-state index contributed by atoms with van der Waals surface area (Å²) in [5, 5.41) is 4.21. The molecule has 1 heterocycles. The van der Waals surface area contributed by atoms with Crippen LogP contribution in [0.5, 0.6) is 0 Å². The summed E-state index contributed by atoms with van der Waals surface area (Å²) in [6.45, 7) is 6.45. The molecule has 0 fully saturated rings. The fraction of sp³-hybridized carbons (Fsp3) is 0.238. The van der Waals surface area contributed by atoms with Gasteiger partial charge in [0, 0.05) is 28.1 Å². The minimum atomic E-state index is -0.149. The van der Waals surface area contributed by atoms with Gasteiger partial charge < -0.3 is 0 Å². The minimum Gasteiger partial charge on any atom is -0.298 e. The zero-order valence-corrected chi connectivity index (χ0v) is 16.6. The van der Waals surface area contributed by atoms with Crippen LogP contribution in [0.2, 0.25) is 5.02 Å². The van der Waals surface area contributed by atoms with E-state index in [0.29, 0.717) is 17.1 Å². The molecule has 0 unspecified atom stereocenters. The molecular formula is C21H21ClN2OS. The number of carbonyl (C=O) groups is 1. The van der Waals surface area contributed by atoms with Crippen LogP contribution in [0.15, 0.2) is 54.7 Å². The van der Waals surface area contributed by atoms with E-state index in [-0.39, 0.29) is 11.3 Å². The largest absolute Gasteiger partial charge is 0.298 e. The molecule has 1 aromatic heterocycles. The van der Waals surface area contributed by atoms with Crippen molar-refractivity contribution in [2.45, 2.75) is 32.6 Å². The molecule has 0 spiro atoms. The van der Waals surface area contributed by atoms with Crippen molar-refractivity contribution >= 4 is 34.0 Å². The third-order valence-electron chi connectivity index (χ3n) is 4.11. The van der Waals surface area contributed by atoms with Crippen molar-refractivity contribution in [1.29, 1.82) is 0 Å². The molecule has 134 valence electrons. The number of thiazole rings is 1. The Labute approximate surface area is 163 Å². The smallest absolute Gasteiger partial charge is 0.257 e. The molecule has 26 heavy (non-hydrogen) atoms. The second-order valence-electron chi connectivity index (χ2n) is 7.18. The summed E-state index contributed by atoms with van der Waals surface area (Å²) in [5.74, 6) is -0.149. The zero-order valence-electron chi connectivity index (χ0n) is 15.0. The van der Waals surface area contributed by atoms with E-state index in [1.165, 1.54) is 16.9 Å². The normalized spacial score (nSPS) is 11.4. The number of carbonyl (C=O) groups excluding carboxylic acids is 1. The highest BCUT2D eigenvalue weighted by atomic mass is 35.5. The van der Waals surface area contributed by atoms with Crippen LogP contribution in [-0.2, 0) is 11.8 Å². The topological polar surface area (TPSA) is 42.0 Å². The summed E-state index contributed by atoms with van der Waals surface area (Å²) in [5.41, 5.74) is 2.94. The average Bonchev–Trinajstić information content (AvgIpc) is 3.03. The number of benzene rings is 2. The Morgan fingerprint density at radius 1 is 1.12 bits per heavy atom. The molecule has 0 aliphatic rings. The van der Waals surface area contributed by atoms with Gasteiger partial charge in [-0.15, -0.1) is 11.3 Å². The monoisotopic (exact) mass is 384 g/mol. The van der Waals surface area contributed by atoms with E-state index in [2.05, 4.69) is 31.1 Å². The molecule has 1 amide bonds. The zero-order chi connectivity index (χ0) is 18.7. The Kier molecular flexibility index (Phi) is 5.44.